The molecule has 3 rings (SSSR count). The molecule has 2 atom stereocenters. The Morgan fingerprint density at radius 3 is 2.65 bits per heavy atom. The van der Waals surface area contributed by atoms with E-state index in [4.69, 9.17) is 0 Å². The molecule has 1 aromatic heterocycles. The number of aromatic nitrogens is 3. The lowest BCUT2D eigenvalue weighted by atomic mass is 9.86. The van der Waals surface area contributed by atoms with Gasteiger partial charge in [-0.05, 0) is 32.6 Å². The van der Waals surface area contributed by atoms with E-state index in [1.807, 2.05) is 0 Å². The van der Waals surface area contributed by atoms with Gasteiger partial charge in [0.05, 0.1) is 5.75 Å². The molecule has 26 heavy (non-hydrogen) atoms. The van der Waals surface area contributed by atoms with Gasteiger partial charge in [0.2, 0.25) is 5.91 Å². The number of thioether (sulfide) groups is 1. The maximum Gasteiger partial charge on any atom is 0.230 e. The SMILES string of the molecule is CCn1c(SCC(=O)NC2CCCCC2C)nnc1-c1ccc(C)cc1. The van der Waals surface area contributed by atoms with Gasteiger partial charge in [-0.2, -0.15) is 0 Å². The Labute approximate surface area is 160 Å². The third-order valence-corrected chi connectivity index (χ3v) is 6.10. The van der Waals surface area contributed by atoms with Crippen molar-refractivity contribution in [3.63, 3.8) is 0 Å². The van der Waals surface area contributed by atoms with Gasteiger partial charge in [-0.25, -0.2) is 0 Å². The van der Waals surface area contributed by atoms with E-state index in [1.54, 1.807) is 0 Å². The molecule has 1 amide bonds. The van der Waals surface area contributed by atoms with Gasteiger partial charge in [-0.1, -0.05) is 61.4 Å². The van der Waals surface area contributed by atoms with E-state index in [0.717, 1.165) is 29.5 Å². The molecule has 2 unspecified atom stereocenters. The Hall–Kier alpha value is -1.82. The van der Waals surface area contributed by atoms with Gasteiger partial charge in [0, 0.05) is 18.2 Å². The summed E-state index contributed by atoms with van der Waals surface area (Å²) in [7, 11) is 0. The Kier molecular flexibility index (Phi) is 6.35. The Morgan fingerprint density at radius 1 is 1.23 bits per heavy atom. The predicted octanol–water partition coefficient (Wildman–Crippen LogP) is 4.06. The number of hydrogen-bond donors (Lipinski definition) is 1. The van der Waals surface area contributed by atoms with Crippen LogP contribution in [0.3, 0.4) is 0 Å². The summed E-state index contributed by atoms with van der Waals surface area (Å²) in [5, 5.41) is 12.7. The number of carbonyl (C=O) groups excluding carboxylic acids is 1. The van der Waals surface area contributed by atoms with Crippen LogP contribution in [0.25, 0.3) is 11.4 Å². The molecule has 1 aliphatic rings. The Balaban J connectivity index is 1.63. The molecule has 1 aromatic carbocycles. The Morgan fingerprint density at radius 2 is 1.96 bits per heavy atom. The van der Waals surface area contributed by atoms with E-state index in [1.165, 1.54) is 36.6 Å². The minimum atomic E-state index is 0.0938. The van der Waals surface area contributed by atoms with Gasteiger partial charge in [0.1, 0.15) is 0 Å². The van der Waals surface area contributed by atoms with Crippen LogP contribution in [0.4, 0.5) is 0 Å². The van der Waals surface area contributed by atoms with Crippen LogP contribution in [-0.2, 0) is 11.3 Å². The summed E-state index contributed by atoms with van der Waals surface area (Å²) in [5.74, 6) is 1.91. The van der Waals surface area contributed by atoms with Gasteiger partial charge in [0.15, 0.2) is 11.0 Å². The molecule has 1 N–H and O–H groups in total. The largest absolute Gasteiger partial charge is 0.352 e. The molecule has 6 heteroatoms. The zero-order valence-corrected chi connectivity index (χ0v) is 16.7. The minimum Gasteiger partial charge on any atom is -0.352 e. The highest BCUT2D eigenvalue weighted by Gasteiger charge is 2.23. The summed E-state index contributed by atoms with van der Waals surface area (Å²) in [6.45, 7) is 7.16. The monoisotopic (exact) mass is 372 g/mol. The molecule has 0 aliphatic heterocycles. The molecule has 0 saturated heterocycles. The second-order valence-corrected chi connectivity index (χ2v) is 8.08. The summed E-state index contributed by atoms with van der Waals surface area (Å²) in [6, 6.07) is 8.61. The molecular formula is C20H28N4OS. The fourth-order valence-electron chi connectivity index (χ4n) is 3.51. The minimum absolute atomic E-state index is 0.0938. The van der Waals surface area contributed by atoms with Gasteiger partial charge in [-0.3, -0.25) is 4.79 Å². The second-order valence-electron chi connectivity index (χ2n) is 7.14. The lowest BCUT2D eigenvalue weighted by Gasteiger charge is -2.29. The molecule has 1 heterocycles. The molecule has 0 radical (unpaired) electrons. The lowest BCUT2D eigenvalue weighted by Crippen LogP contribution is -2.41. The first-order chi connectivity index (χ1) is 12.6. The van der Waals surface area contributed by atoms with Crippen molar-refractivity contribution in [1.29, 1.82) is 0 Å². The fraction of sp³-hybridized carbons (Fsp3) is 0.550. The third-order valence-electron chi connectivity index (χ3n) is 5.13. The van der Waals surface area contributed by atoms with Crippen LogP contribution in [0.2, 0.25) is 0 Å². The van der Waals surface area contributed by atoms with Gasteiger partial charge >= 0.3 is 0 Å². The van der Waals surface area contributed by atoms with E-state index in [2.05, 4.69) is 65.1 Å². The van der Waals surface area contributed by atoms with Gasteiger partial charge < -0.3 is 9.88 Å². The first-order valence-electron chi connectivity index (χ1n) is 9.51. The number of carbonyl (C=O) groups is 1. The summed E-state index contributed by atoms with van der Waals surface area (Å²) in [6.07, 6.45) is 4.80. The van der Waals surface area contributed by atoms with Gasteiger partial charge in [0.25, 0.3) is 0 Å². The van der Waals surface area contributed by atoms with Crippen molar-refractivity contribution in [2.75, 3.05) is 5.75 Å². The first kappa shape index (κ1) is 19.0. The molecular weight excluding hydrogens is 344 g/mol. The highest BCUT2D eigenvalue weighted by atomic mass is 32.2. The van der Waals surface area contributed by atoms with E-state index in [9.17, 15) is 4.79 Å². The van der Waals surface area contributed by atoms with Crippen molar-refractivity contribution >= 4 is 17.7 Å². The van der Waals surface area contributed by atoms with Crippen molar-refractivity contribution in [2.24, 2.45) is 5.92 Å². The van der Waals surface area contributed by atoms with Crippen LogP contribution in [0, 0.1) is 12.8 Å². The van der Waals surface area contributed by atoms with Crippen LogP contribution < -0.4 is 5.32 Å². The van der Waals surface area contributed by atoms with Crippen LogP contribution in [0.1, 0.15) is 45.1 Å². The fourth-order valence-corrected chi connectivity index (χ4v) is 4.32. The zero-order valence-electron chi connectivity index (χ0n) is 15.9. The van der Waals surface area contributed by atoms with Crippen molar-refractivity contribution in [1.82, 2.24) is 20.1 Å². The molecule has 1 fully saturated rings. The van der Waals surface area contributed by atoms with Crippen molar-refractivity contribution in [3.05, 3.63) is 29.8 Å². The van der Waals surface area contributed by atoms with E-state index < -0.39 is 0 Å². The topological polar surface area (TPSA) is 59.8 Å². The molecule has 5 nitrogen and oxygen atoms in total. The normalized spacial score (nSPS) is 20.1. The van der Waals surface area contributed by atoms with Crippen molar-refractivity contribution in [3.8, 4) is 11.4 Å². The van der Waals surface area contributed by atoms with Crippen LogP contribution in [-0.4, -0.2) is 32.5 Å². The average molecular weight is 373 g/mol. The molecule has 2 aromatic rings. The lowest BCUT2D eigenvalue weighted by molar-refractivity contribution is -0.119. The summed E-state index contributed by atoms with van der Waals surface area (Å²) in [4.78, 5) is 12.4. The van der Waals surface area contributed by atoms with E-state index in [0.29, 0.717) is 17.7 Å². The number of benzene rings is 1. The summed E-state index contributed by atoms with van der Waals surface area (Å²) < 4.78 is 2.08. The average Bonchev–Trinajstić information content (AvgIpc) is 3.05. The maximum atomic E-state index is 12.4. The van der Waals surface area contributed by atoms with Gasteiger partial charge in [-0.15, -0.1) is 10.2 Å². The second kappa shape index (κ2) is 8.71. The van der Waals surface area contributed by atoms with Crippen LogP contribution in [0.15, 0.2) is 29.4 Å². The predicted molar refractivity (Wildman–Crippen MR) is 106 cm³/mol. The maximum absolute atomic E-state index is 12.4. The smallest absolute Gasteiger partial charge is 0.230 e. The molecule has 0 bridgehead atoms. The number of nitrogens with one attached hydrogen (secondary N) is 1. The molecule has 1 saturated carbocycles. The van der Waals surface area contributed by atoms with E-state index in [-0.39, 0.29) is 5.91 Å². The Bertz CT molecular complexity index is 741. The van der Waals surface area contributed by atoms with Crippen molar-refractivity contribution in [2.45, 2.75) is 64.2 Å². The van der Waals surface area contributed by atoms with E-state index >= 15 is 0 Å². The first-order valence-corrected chi connectivity index (χ1v) is 10.5. The van der Waals surface area contributed by atoms with Crippen LogP contribution in [0.5, 0.6) is 0 Å². The molecule has 0 spiro atoms. The quantitative estimate of drug-likeness (QED) is 0.777. The standard InChI is InChI=1S/C20H28N4OS/c1-4-24-19(16-11-9-14(2)10-12-16)22-23-20(24)26-13-18(25)21-17-8-6-5-7-15(17)3/h9-12,15,17H,4-8,13H2,1-3H3,(H,21,25). The third kappa shape index (κ3) is 4.47. The van der Waals surface area contributed by atoms with Crippen molar-refractivity contribution < 1.29 is 4.79 Å². The summed E-state index contributed by atoms with van der Waals surface area (Å²) >= 11 is 1.47. The number of rotatable bonds is 6. The zero-order chi connectivity index (χ0) is 18.5. The molecule has 140 valence electrons. The van der Waals surface area contributed by atoms with Crippen LogP contribution >= 0.6 is 11.8 Å². The highest BCUT2D eigenvalue weighted by Crippen LogP contribution is 2.26. The number of amides is 1. The number of nitrogens with zero attached hydrogens (tertiary/aromatic N) is 3. The summed E-state index contributed by atoms with van der Waals surface area (Å²) in [5.41, 5.74) is 2.27. The highest BCUT2D eigenvalue weighted by molar-refractivity contribution is 7.99. The number of hydrogen-bond acceptors (Lipinski definition) is 4. The molecule has 1 aliphatic carbocycles. The number of aryl methyl sites for hydroxylation is 1.